The molecule has 0 amide bonds. The quantitative estimate of drug-likeness (QED) is 0.441. The van der Waals surface area contributed by atoms with E-state index in [-0.39, 0.29) is 0 Å². The largest absolute Gasteiger partial charge is 0.265 e. The van der Waals surface area contributed by atoms with Crippen LogP contribution in [0.5, 0.6) is 0 Å². The molecular formula is H2Br2O8. The van der Waals surface area contributed by atoms with Gasteiger partial charge in [-0.1, -0.05) is 0 Å². The lowest BCUT2D eigenvalue weighted by molar-refractivity contribution is -1.92. The summed E-state index contributed by atoms with van der Waals surface area (Å²) in [6, 6.07) is 0. The summed E-state index contributed by atoms with van der Waals surface area (Å²) < 4.78 is 66.1. The van der Waals surface area contributed by atoms with Gasteiger partial charge in [-0.25, -0.2) is 25.2 Å². The third kappa shape index (κ3) is 1230. The first-order chi connectivity index (χ1) is 4.00. The Labute approximate surface area is 62.2 Å². The molecule has 0 rings (SSSR count). The van der Waals surface area contributed by atoms with Gasteiger partial charge in [-0.05, 0) is 0 Å². The standard InChI is InChI=1S/2BrHO4/c2*2-1(3,4)5/h2*2H. The molecule has 0 fully saturated rings. The van der Waals surface area contributed by atoms with Crippen LogP contribution in [0.1, 0.15) is 0 Å². The third-order valence-corrected chi connectivity index (χ3v) is 0. The zero-order valence-electron chi connectivity index (χ0n) is 4.10. The summed E-state index contributed by atoms with van der Waals surface area (Å²) in [5.74, 6) is 0. The molecule has 0 saturated heterocycles. The van der Waals surface area contributed by atoms with Gasteiger partial charge in [-0.2, -0.15) is 0 Å². The fraction of sp³-hybridized carbons (Fsp3) is 0. The van der Waals surface area contributed by atoms with Crippen LogP contribution in [0.2, 0.25) is 0 Å². The van der Waals surface area contributed by atoms with Gasteiger partial charge in [0.15, 0.2) is 0 Å². The van der Waals surface area contributed by atoms with Crippen molar-refractivity contribution < 1.29 is 61.8 Å². The van der Waals surface area contributed by atoms with Gasteiger partial charge in [0.05, 0.1) is 0 Å². The van der Waals surface area contributed by atoms with E-state index < -0.39 is 28.2 Å². The molecule has 0 aliphatic rings. The highest BCUT2D eigenvalue weighted by molar-refractivity contribution is 2.16. The van der Waals surface area contributed by atoms with Gasteiger partial charge in [-0.3, -0.25) is 0 Å². The normalized spacial score (nSPS) is 12.0. The monoisotopic (exact) mass is 288 g/mol. The molecule has 0 radical (unpaired) electrons. The fourth-order valence-corrected chi connectivity index (χ4v) is 0. The van der Waals surface area contributed by atoms with Crippen LogP contribution >= 0.6 is 0 Å². The van der Waals surface area contributed by atoms with E-state index in [2.05, 4.69) is 0 Å². The molecule has 0 aliphatic carbocycles. The summed E-state index contributed by atoms with van der Waals surface area (Å²) in [5.41, 5.74) is 0. The van der Waals surface area contributed by atoms with Crippen molar-refractivity contribution in [3.8, 4) is 0 Å². The van der Waals surface area contributed by atoms with E-state index in [9.17, 15) is 0 Å². The average Bonchev–Trinajstić information content (AvgIpc) is 1.12. The highest BCUT2D eigenvalue weighted by atomic mass is 80.0. The van der Waals surface area contributed by atoms with Crippen LogP contribution in [0.15, 0.2) is 0 Å². The predicted molar refractivity (Wildman–Crippen MR) is 4.44 cm³/mol. The molecule has 0 aliphatic heterocycles. The van der Waals surface area contributed by atoms with Gasteiger partial charge in [0.2, 0.25) is 0 Å². The topological polar surface area (TPSA) is 179 Å². The zero-order valence-corrected chi connectivity index (χ0v) is 7.27. The van der Waals surface area contributed by atoms with Crippen LogP contribution in [0.4, 0.5) is 0 Å². The molecular weight excluding hydrogens is 288 g/mol. The first-order valence-corrected chi connectivity index (χ1v) is 6.57. The lowest BCUT2D eigenvalue weighted by atomic mass is 15.9. The lowest BCUT2D eigenvalue weighted by Crippen LogP contribution is -2.58. The Morgan fingerprint density at radius 1 is 0.600 bits per heavy atom. The van der Waals surface area contributed by atoms with E-state index in [4.69, 9.17) is 33.6 Å². The molecule has 0 aromatic rings. The van der Waals surface area contributed by atoms with E-state index in [0.29, 0.717) is 0 Å². The number of halogens is 2. The second-order valence-corrected chi connectivity index (χ2v) is 4.12. The summed E-state index contributed by atoms with van der Waals surface area (Å²) in [6.45, 7) is 0. The Bertz CT molecular complexity index is 50.2. The molecule has 0 aromatic heterocycles. The third-order valence-electron chi connectivity index (χ3n) is 0. The fourth-order valence-electron chi connectivity index (χ4n) is 0. The van der Waals surface area contributed by atoms with Crippen molar-refractivity contribution in [2.24, 2.45) is 0 Å². The van der Waals surface area contributed by atoms with Crippen molar-refractivity contribution in [2.75, 3.05) is 0 Å². The van der Waals surface area contributed by atoms with Crippen LogP contribution in [-0.2, 0) is 0 Å². The second kappa shape index (κ2) is 4.50. The van der Waals surface area contributed by atoms with Crippen LogP contribution in [0.3, 0.4) is 0 Å². The predicted octanol–water partition coefficient (Wildman–Crippen LogP) is -8.25. The second-order valence-electron chi connectivity index (χ2n) is 0.792. The molecule has 10 heavy (non-hydrogen) atoms. The highest BCUT2D eigenvalue weighted by Gasteiger charge is 2.07. The molecule has 0 unspecified atom stereocenters. The number of rotatable bonds is 0. The van der Waals surface area contributed by atoms with E-state index >= 15 is 0 Å². The molecule has 0 heterocycles. The molecule has 0 bridgehead atoms. The number of hydrogen-bond acceptors (Lipinski definition) is 8. The molecule has 0 saturated carbocycles. The Morgan fingerprint density at radius 3 is 0.600 bits per heavy atom. The summed E-state index contributed by atoms with van der Waals surface area (Å²) in [5, 5.41) is 0. The van der Waals surface area contributed by atoms with E-state index in [1.165, 1.54) is 0 Å². The zero-order chi connectivity index (χ0) is 9.00. The lowest BCUT2D eigenvalue weighted by Gasteiger charge is -1.96. The van der Waals surface area contributed by atoms with Crippen LogP contribution < -0.4 is 25.2 Å². The average molecular weight is 290 g/mol. The van der Waals surface area contributed by atoms with Gasteiger partial charge in [-0.15, -0.1) is 0 Å². The maximum absolute atomic E-state index is 8.69. The van der Waals surface area contributed by atoms with Crippen LogP contribution in [-0.4, -0.2) is 8.40 Å². The summed E-state index contributed by atoms with van der Waals surface area (Å²) in [6.07, 6.45) is 0. The summed E-state index contributed by atoms with van der Waals surface area (Å²) in [4.78, 5) is 0. The van der Waals surface area contributed by atoms with Gasteiger partial charge >= 0.3 is 0 Å². The smallest absolute Gasteiger partial charge is 0.228 e. The van der Waals surface area contributed by atoms with E-state index in [1.807, 2.05) is 0 Å². The van der Waals surface area contributed by atoms with Crippen molar-refractivity contribution in [1.82, 2.24) is 0 Å². The van der Waals surface area contributed by atoms with Crippen molar-refractivity contribution in [1.29, 1.82) is 0 Å². The molecule has 0 aromatic carbocycles. The molecule has 64 valence electrons. The van der Waals surface area contributed by atoms with Gasteiger partial charge in [0.1, 0.15) is 0 Å². The van der Waals surface area contributed by atoms with E-state index in [0.717, 1.165) is 0 Å². The van der Waals surface area contributed by atoms with Crippen molar-refractivity contribution in [3.05, 3.63) is 0 Å². The summed E-state index contributed by atoms with van der Waals surface area (Å²) >= 11 is -10.8. The minimum absolute atomic E-state index is 5.38. The minimum Gasteiger partial charge on any atom is -0.228 e. The number of hydrogen-bond donors (Lipinski definition) is 2. The van der Waals surface area contributed by atoms with Crippen LogP contribution in [0, 0.1) is 28.2 Å². The van der Waals surface area contributed by atoms with Gasteiger partial charge in [0.25, 0.3) is 28.2 Å². The molecule has 10 heteroatoms. The van der Waals surface area contributed by atoms with Crippen LogP contribution in [0.25, 0.3) is 0 Å². The minimum atomic E-state index is -5.38. The molecule has 0 spiro atoms. The maximum Gasteiger partial charge on any atom is 0.265 e. The maximum atomic E-state index is 8.69. The van der Waals surface area contributed by atoms with Crippen molar-refractivity contribution in [2.45, 2.75) is 0 Å². The first-order valence-electron chi connectivity index (χ1n) is 1.26. The van der Waals surface area contributed by atoms with Crippen molar-refractivity contribution >= 4 is 0 Å². The Kier molecular flexibility index (Phi) is 5.97. The Hall–Kier alpha value is 0.640. The molecule has 8 nitrogen and oxygen atoms in total. The SMILES string of the molecule is [O-][Br+3]([O-])([O-])O.[O-][Br+3]([O-])([O-])O. The first kappa shape index (κ1) is 13.2. The van der Waals surface area contributed by atoms with Gasteiger partial charge < -0.3 is 0 Å². The summed E-state index contributed by atoms with van der Waals surface area (Å²) in [7, 11) is 0. The van der Waals surface area contributed by atoms with E-state index in [1.54, 1.807) is 0 Å². The molecule has 2 N–H and O–H groups in total. The highest BCUT2D eigenvalue weighted by Crippen LogP contribution is 1.61. The molecule has 0 atom stereocenters. The Balaban J connectivity index is 0. The van der Waals surface area contributed by atoms with Crippen molar-refractivity contribution in [3.63, 3.8) is 0 Å². The van der Waals surface area contributed by atoms with Gasteiger partial charge in [0, 0.05) is 8.40 Å². The Morgan fingerprint density at radius 2 is 0.600 bits per heavy atom.